The minimum absolute atomic E-state index is 0.0256. The van der Waals surface area contributed by atoms with Crippen molar-refractivity contribution in [1.82, 2.24) is 0 Å². The maximum absolute atomic E-state index is 12.9. The van der Waals surface area contributed by atoms with Crippen molar-refractivity contribution in [1.29, 1.82) is 0 Å². The summed E-state index contributed by atoms with van der Waals surface area (Å²) in [6, 6.07) is 6.75. The van der Waals surface area contributed by atoms with Crippen LogP contribution < -0.4 is 4.74 Å². The zero-order chi connectivity index (χ0) is 17.3. The molecule has 1 radical (unpaired) electrons. The molecule has 0 aromatic heterocycles. The first-order valence-corrected chi connectivity index (χ1v) is 6.14. The average Bonchev–Trinajstić information content (AvgIpc) is 2.43. The molecule has 0 N–H and O–H groups in total. The summed E-state index contributed by atoms with van der Waals surface area (Å²) in [6.45, 7) is -0.590. The van der Waals surface area contributed by atoms with E-state index in [0.717, 1.165) is 12.1 Å². The lowest BCUT2D eigenvalue weighted by Gasteiger charge is -2.14. The molecule has 123 valence electrons. The number of benzene rings is 2. The van der Waals surface area contributed by atoms with E-state index in [1.165, 1.54) is 6.07 Å². The lowest BCUT2D eigenvalue weighted by Crippen LogP contribution is -2.12. The molecule has 1 nitrogen and oxygen atoms in total. The fourth-order valence-electron chi connectivity index (χ4n) is 1.77. The Hall–Kier alpha value is -2.25. The minimum Gasteiger partial charge on any atom is -0.488 e. The third kappa shape index (κ3) is 4.61. The molecule has 0 aliphatic carbocycles. The zero-order valence-corrected chi connectivity index (χ0v) is 11.2. The second-order valence-electron chi connectivity index (χ2n) is 4.57. The van der Waals surface area contributed by atoms with E-state index in [1.807, 2.05) is 0 Å². The second kappa shape index (κ2) is 6.10. The fraction of sp³-hybridized carbons (Fsp3) is 0.200. The van der Waals surface area contributed by atoms with Gasteiger partial charge in [0.05, 0.1) is 11.1 Å². The standard InChI is InChI=1S/C15H8F7O/c16-12-2-1-3-13(7-12)23-8-9-4-10(14(17,18)19)6-11(5-9)15(20,21)22/h1-2,4-7H,8H2. The Morgan fingerprint density at radius 3 is 1.91 bits per heavy atom. The lowest BCUT2D eigenvalue weighted by molar-refractivity contribution is -0.143. The number of hydrogen-bond acceptors (Lipinski definition) is 1. The smallest absolute Gasteiger partial charge is 0.416 e. The van der Waals surface area contributed by atoms with Crippen LogP contribution in [0, 0.1) is 11.9 Å². The van der Waals surface area contributed by atoms with Gasteiger partial charge < -0.3 is 4.74 Å². The van der Waals surface area contributed by atoms with Gasteiger partial charge in [-0.3, -0.25) is 0 Å². The molecule has 0 spiro atoms. The van der Waals surface area contributed by atoms with Crippen molar-refractivity contribution in [3.05, 3.63) is 65.0 Å². The van der Waals surface area contributed by atoms with E-state index in [0.29, 0.717) is 12.1 Å². The third-order valence-corrected chi connectivity index (χ3v) is 2.78. The molecule has 0 saturated heterocycles. The topological polar surface area (TPSA) is 9.23 Å². The van der Waals surface area contributed by atoms with Gasteiger partial charge in [0.1, 0.15) is 18.2 Å². The Labute approximate surface area is 126 Å². The molecule has 0 unspecified atom stereocenters. The average molecular weight is 337 g/mol. The molecular formula is C15H8F7O. The van der Waals surface area contributed by atoms with Gasteiger partial charge in [0.2, 0.25) is 0 Å². The highest BCUT2D eigenvalue weighted by Crippen LogP contribution is 2.36. The predicted octanol–water partition coefficient (Wildman–Crippen LogP) is 5.24. The summed E-state index contributed by atoms with van der Waals surface area (Å²) in [5, 5.41) is 0. The predicted molar refractivity (Wildman–Crippen MR) is 66.0 cm³/mol. The summed E-state index contributed by atoms with van der Waals surface area (Å²) in [5.74, 6) is -0.797. The van der Waals surface area contributed by atoms with Gasteiger partial charge in [0.15, 0.2) is 0 Å². The molecule has 0 atom stereocenters. The minimum atomic E-state index is -4.93. The Balaban J connectivity index is 2.30. The summed E-state index contributed by atoms with van der Waals surface area (Å²) >= 11 is 0. The number of hydrogen-bond donors (Lipinski definition) is 0. The van der Waals surface area contributed by atoms with E-state index in [1.54, 1.807) is 0 Å². The van der Waals surface area contributed by atoms with Gasteiger partial charge in [-0.15, -0.1) is 0 Å². The molecule has 0 saturated carbocycles. The summed E-state index contributed by atoms with van der Waals surface area (Å²) < 4.78 is 94.0. The van der Waals surface area contributed by atoms with E-state index in [4.69, 9.17) is 4.74 Å². The molecule has 2 aromatic carbocycles. The van der Waals surface area contributed by atoms with Crippen molar-refractivity contribution >= 4 is 0 Å². The van der Waals surface area contributed by atoms with E-state index < -0.39 is 35.9 Å². The first-order chi connectivity index (χ1) is 10.6. The first-order valence-electron chi connectivity index (χ1n) is 6.14. The quantitative estimate of drug-likeness (QED) is 0.696. The Kier molecular flexibility index (Phi) is 4.53. The van der Waals surface area contributed by atoms with Crippen LogP contribution in [0.4, 0.5) is 30.7 Å². The molecule has 8 heteroatoms. The number of ether oxygens (including phenoxy) is 1. The molecule has 0 amide bonds. The first kappa shape index (κ1) is 17.1. The maximum atomic E-state index is 12.9. The van der Waals surface area contributed by atoms with Crippen LogP contribution in [-0.4, -0.2) is 0 Å². The molecule has 2 rings (SSSR count). The molecule has 0 aliphatic rings. The monoisotopic (exact) mass is 337 g/mol. The van der Waals surface area contributed by atoms with E-state index in [9.17, 15) is 30.7 Å². The molecule has 0 fully saturated rings. The van der Waals surface area contributed by atoms with Gasteiger partial charge >= 0.3 is 12.4 Å². The Morgan fingerprint density at radius 2 is 1.43 bits per heavy atom. The highest BCUT2D eigenvalue weighted by Gasteiger charge is 2.36. The molecule has 23 heavy (non-hydrogen) atoms. The van der Waals surface area contributed by atoms with Gasteiger partial charge in [-0.2, -0.15) is 26.3 Å². The molecule has 0 heterocycles. The van der Waals surface area contributed by atoms with Crippen molar-refractivity contribution in [3.8, 4) is 5.75 Å². The van der Waals surface area contributed by atoms with Gasteiger partial charge in [-0.05, 0) is 35.9 Å². The van der Waals surface area contributed by atoms with Crippen molar-refractivity contribution in [2.24, 2.45) is 0 Å². The van der Waals surface area contributed by atoms with E-state index in [-0.39, 0.29) is 17.4 Å². The van der Waals surface area contributed by atoms with Crippen LogP contribution in [0.5, 0.6) is 5.75 Å². The van der Waals surface area contributed by atoms with Gasteiger partial charge in [-0.1, -0.05) is 0 Å². The highest BCUT2D eigenvalue weighted by atomic mass is 19.4. The van der Waals surface area contributed by atoms with Crippen LogP contribution in [0.25, 0.3) is 0 Å². The zero-order valence-electron chi connectivity index (χ0n) is 11.2. The summed E-state index contributed by atoms with van der Waals surface area (Å²) in [6.07, 6.45) is -9.86. The van der Waals surface area contributed by atoms with Crippen LogP contribution in [-0.2, 0) is 19.0 Å². The highest BCUT2D eigenvalue weighted by molar-refractivity contribution is 5.33. The van der Waals surface area contributed by atoms with Gasteiger partial charge in [-0.25, -0.2) is 4.39 Å². The van der Waals surface area contributed by atoms with E-state index >= 15 is 0 Å². The van der Waals surface area contributed by atoms with Crippen LogP contribution in [0.15, 0.2) is 36.4 Å². The summed E-state index contributed by atoms with van der Waals surface area (Å²) in [7, 11) is 0. The second-order valence-corrected chi connectivity index (χ2v) is 4.57. The largest absolute Gasteiger partial charge is 0.488 e. The van der Waals surface area contributed by atoms with Gasteiger partial charge in [0.25, 0.3) is 0 Å². The Morgan fingerprint density at radius 1 is 0.870 bits per heavy atom. The fourth-order valence-corrected chi connectivity index (χ4v) is 1.77. The maximum Gasteiger partial charge on any atom is 0.416 e. The van der Waals surface area contributed by atoms with Gasteiger partial charge in [0, 0.05) is 12.1 Å². The van der Waals surface area contributed by atoms with Crippen molar-refractivity contribution in [2.45, 2.75) is 19.0 Å². The lowest BCUT2D eigenvalue weighted by atomic mass is 10.1. The van der Waals surface area contributed by atoms with E-state index in [2.05, 4.69) is 6.07 Å². The number of halogens is 7. The molecular weight excluding hydrogens is 329 g/mol. The van der Waals surface area contributed by atoms with Crippen LogP contribution in [0.3, 0.4) is 0 Å². The van der Waals surface area contributed by atoms with Crippen molar-refractivity contribution in [2.75, 3.05) is 0 Å². The van der Waals surface area contributed by atoms with Crippen LogP contribution in [0.1, 0.15) is 16.7 Å². The summed E-state index contributed by atoms with van der Waals surface area (Å²) in [5.41, 5.74) is -3.21. The number of alkyl halides is 6. The number of rotatable bonds is 3. The van der Waals surface area contributed by atoms with Crippen LogP contribution in [0.2, 0.25) is 0 Å². The summed E-state index contributed by atoms with van der Waals surface area (Å²) in [4.78, 5) is 0. The SMILES string of the molecule is Fc1cc[c]c(OCc2cc(C(F)(F)F)cc(C(F)(F)F)c2)c1. The normalized spacial score (nSPS) is 12.3. The van der Waals surface area contributed by atoms with Crippen molar-refractivity contribution in [3.63, 3.8) is 0 Å². The molecule has 0 bridgehead atoms. The molecule has 0 aliphatic heterocycles. The molecule has 2 aromatic rings. The third-order valence-electron chi connectivity index (χ3n) is 2.78. The van der Waals surface area contributed by atoms with Crippen LogP contribution >= 0.6 is 0 Å². The van der Waals surface area contributed by atoms with Crippen molar-refractivity contribution < 1.29 is 35.5 Å². The Bertz CT molecular complexity index is 657.